The highest BCUT2D eigenvalue weighted by atomic mass is 79.9. The molecular formula is C20H18BrClF4N6O2. The van der Waals surface area contributed by atoms with E-state index in [1.54, 1.807) is 16.3 Å². The smallest absolute Gasteiger partial charge is 0.384 e. The first kappa shape index (κ1) is 25.7. The summed E-state index contributed by atoms with van der Waals surface area (Å²) in [7, 11) is 0. The first-order chi connectivity index (χ1) is 15.5. The van der Waals surface area contributed by atoms with Gasteiger partial charge in [0.05, 0.1) is 15.7 Å². The Morgan fingerprint density at radius 2 is 1.94 bits per heavy atom. The van der Waals surface area contributed by atoms with Crippen molar-refractivity contribution in [1.82, 2.24) is 25.0 Å². The summed E-state index contributed by atoms with van der Waals surface area (Å²) >= 11 is 3.20. The summed E-state index contributed by atoms with van der Waals surface area (Å²) in [5, 5.41) is 6.59. The molecule has 2 amide bonds. The number of carbonyl (C=O) groups is 2. The summed E-state index contributed by atoms with van der Waals surface area (Å²) in [6.07, 6.45) is -3.11. The summed E-state index contributed by atoms with van der Waals surface area (Å²) < 4.78 is 52.8. The van der Waals surface area contributed by atoms with Gasteiger partial charge in [0.25, 0.3) is 5.91 Å². The number of pyridine rings is 1. The van der Waals surface area contributed by atoms with Gasteiger partial charge < -0.3 is 16.0 Å². The van der Waals surface area contributed by atoms with Crippen LogP contribution in [0.15, 0.2) is 34.9 Å². The van der Waals surface area contributed by atoms with Crippen LogP contribution in [0.3, 0.4) is 0 Å². The van der Waals surface area contributed by atoms with Gasteiger partial charge in [-0.15, -0.1) is 12.4 Å². The Labute approximate surface area is 205 Å². The van der Waals surface area contributed by atoms with Gasteiger partial charge in [-0.25, -0.2) is 9.37 Å². The van der Waals surface area contributed by atoms with Crippen LogP contribution >= 0.6 is 28.3 Å². The molecule has 1 saturated heterocycles. The zero-order chi connectivity index (χ0) is 23.9. The summed E-state index contributed by atoms with van der Waals surface area (Å²) in [6.45, 7) is -1.36. The van der Waals surface area contributed by atoms with Crippen molar-refractivity contribution in [2.75, 3.05) is 25.4 Å². The number of nitrogens with one attached hydrogen (secondary N) is 1. The monoisotopic (exact) mass is 564 g/mol. The van der Waals surface area contributed by atoms with E-state index >= 15 is 0 Å². The summed E-state index contributed by atoms with van der Waals surface area (Å²) in [5.74, 6) is -1.73. The molecule has 0 bridgehead atoms. The minimum atomic E-state index is -4.54. The zero-order valence-corrected chi connectivity index (χ0v) is 19.7. The van der Waals surface area contributed by atoms with Crippen LogP contribution in [0.25, 0.3) is 10.9 Å². The molecule has 2 aromatic heterocycles. The number of aromatic nitrogens is 3. The minimum absolute atomic E-state index is 0. The van der Waals surface area contributed by atoms with E-state index in [1.807, 2.05) is 0 Å². The second-order valence-corrected chi connectivity index (χ2v) is 8.36. The first-order valence-corrected chi connectivity index (χ1v) is 10.5. The topological polar surface area (TPSA) is 106 Å². The molecule has 1 aliphatic heterocycles. The number of anilines is 1. The highest BCUT2D eigenvalue weighted by Gasteiger charge is 2.36. The van der Waals surface area contributed by atoms with Crippen molar-refractivity contribution >= 4 is 56.9 Å². The number of fused-ring (bicyclic) bond motifs is 1. The summed E-state index contributed by atoms with van der Waals surface area (Å²) in [6, 6.07) is 5.59. The third kappa shape index (κ3) is 5.25. The third-order valence-corrected chi connectivity index (χ3v) is 5.97. The van der Waals surface area contributed by atoms with E-state index in [2.05, 4.69) is 26.0 Å². The van der Waals surface area contributed by atoms with Crippen molar-refractivity contribution in [2.24, 2.45) is 0 Å². The molecule has 0 unspecified atom stereocenters. The largest absolute Gasteiger partial charge is 0.405 e. The number of amides is 2. The number of carbonyl (C=O) groups excluding carboxylic acids is 2. The number of nitrogen functional groups attached to an aromatic ring is 1. The lowest BCUT2D eigenvalue weighted by molar-refractivity contribution is -0.138. The van der Waals surface area contributed by atoms with Crippen LogP contribution in [-0.4, -0.2) is 57.3 Å². The van der Waals surface area contributed by atoms with Crippen LogP contribution in [0.4, 0.5) is 23.4 Å². The van der Waals surface area contributed by atoms with Crippen LogP contribution in [0.5, 0.6) is 0 Å². The number of rotatable bonds is 5. The normalized spacial score (nSPS) is 14.0. The van der Waals surface area contributed by atoms with Crippen molar-refractivity contribution < 1.29 is 27.2 Å². The molecule has 1 fully saturated rings. The lowest BCUT2D eigenvalue weighted by atomic mass is 9.93. The SMILES string of the molecule is Cl.Nc1cc(C(=O)N2CC(c3nn(CC(=O)NCC(F)(F)F)c4ccc(F)c(Br)c34)C2)ccn1. The number of likely N-dealkylation sites (tertiary alicyclic amines) is 1. The van der Waals surface area contributed by atoms with E-state index in [0.717, 1.165) is 0 Å². The maximum atomic E-state index is 14.2. The predicted octanol–water partition coefficient (Wildman–Crippen LogP) is 3.26. The number of hydrogen-bond donors (Lipinski definition) is 2. The molecule has 4 rings (SSSR count). The van der Waals surface area contributed by atoms with Crippen molar-refractivity contribution in [1.29, 1.82) is 0 Å². The molecule has 3 N–H and O–H groups in total. The molecule has 0 saturated carbocycles. The molecule has 0 spiro atoms. The van der Waals surface area contributed by atoms with Gasteiger partial charge in [0.15, 0.2) is 0 Å². The van der Waals surface area contributed by atoms with Crippen LogP contribution < -0.4 is 11.1 Å². The average Bonchev–Trinajstić information content (AvgIpc) is 3.06. The maximum absolute atomic E-state index is 14.2. The molecule has 3 heterocycles. The molecule has 0 aliphatic carbocycles. The number of nitrogens with two attached hydrogens (primary N) is 1. The van der Waals surface area contributed by atoms with Crippen molar-refractivity contribution in [3.8, 4) is 0 Å². The quantitative estimate of drug-likeness (QED) is 0.462. The Kier molecular flexibility index (Phi) is 7.36. The van der Waals surface area contributed by atoms with Crippen molar-refractivity contribution in [3.63, 3.8) is 0 Å². The van der Waals surface area contributed by atoms with Crippen LogP contribution in [0, 0.1) is 5.82 Å². The van der Waals surface area contributed by atoms with Gasteiger partial charge >= 0.3 is 6.18 Å². The predicted molar refractivity (Wildman–Crippen MR) is 121 cm³/mol. The van der Waals surface area contributed by atoms with Gasteiger partial charge in [-0.3, -0.25) is 14.3 Å². The molecule has 182 valence electrons. The number of nitrogens with zero attached hydrogens (tertiary/aromatic N) is 4. The van der Waals surface area contributed by atoms with Gasteiger partial charge in [-0.1, -0.05) is 0 Å². The van der Waals surface area contributed by atoms with E-state index in [1.165, 1.54) is 29.1 Å². The number of halogens is 6. The zero-order valence-electron chi connectivity index (χ0n) is 17.3. The molecule has 0 atom stereocenters. The highest BCUT2D eigenvalue weighted by Crippen LogP contribution is 2.37. The maximum Gasteiger partial charge on any atom is 0.405 e. The Balaban J connectivity index is 0.00000324. The Morgan fingerprint density at radius 1 is 1.24 bits per heavy atom. The van der Waals surface area contributed by atoms with Crippen LogP contribution in [0.2, 0.25) is 0 Å². The van der Waals surface area contributed by atoms with E-state index in [0.29, 0.717) is 22.2 Å². The molecule has 3 aromatic rings. The molecule has 14 heteroatoms. The van der Waals surface area contributed by atoms with Crippen molar-refractivity contribution in [2.45, 2.75) is 18.6 Å². The van der Waals surface area contributed by atoms with Gasteiger partial charge in [0.2, 0.25) is 5.91 Å². The number of hydrogen-bond acceptors (Lipinski definition) is 5. The van der Waals surface area contributed by atoms with Gasteiger partial charge in [0.1, 0.15) is 24.7 Å². The molecule has 8 nitrogen and oxygen atoms in total. The Hall–Kier alpha value is -2.93. The van der Waals surface area contributed by atoms with E-state index in [4.69, 9.17) is 5.73 Å². The van der Waals surface area contributed by atoms with Gasteiger partial charge in [-0.2, -0.15) is 18.3 Å². The van der Waals surface area contributed by atoms with E-state index in [-0.39, 0.29) is 47.6 Å². The standard InChI is InChI=1S/C20H17BrF4N6O2.ClH/c21-17-12(22)1-2-13-16(17)18(29-31(13)8-15(32)28-9-20(23,24)25)11-6-30(7-11)19(33)10-3-4-27-14(26)5-10;/h1-5,11H,6-9H2,(H2,26,27)(H,28,32);1H. The second-order valence-electron chi connectivity index (χ2n) is 7.57. The molecule has 34 heavy (non-hydrogen) atoms. The lowest BCUT2D eigenvalue weighted by Crippen LogP contribution is -2.48. The van der Waals surface area contributed by atoms with Crippen molar-refractivity contribution in [3.05, 3.63) is 52.0 Å². The third-order valence-electron chi connectivity index (χ3n) is 5.20. The number of benzene rings is 1. The van der Waals surface area contributed by atoms with E-state index in [9.17, 15) is 27.2 Å². The molecule has 1 aliphatic rings. The van der Waals surface area contributed by atoms with E-state index < -0.39 is 31.0 Å². The van der Waals surface area contributed by atoms with Crippen LogP contribution in [-0.2, 0) is 11.3 Å². The fourth-order valence-electron chi connectivity index (χ4n) is 3.61. The average molecular weight is 566 g/mol. The number of alkyl halides is 3. The second kappa shape index (κ2) is 9.74. The minimum Gasteiger partial charge on any atom is -0.384 e. The van der Waals surface area contributed by atoms with Crippen LogP contribution in [0.1, 0.15) is 22.0 Å². The molecular weight excluding hydrogens is 548 g/mol. The fourth-order valence-corrected chi connectivity index (χ4v) is 4.15. The Morgan fingerprint density at radius 3 is 2.59 bits per heavy atom. The summed E-state index contributed by atoms with van der Waals surface area (Å²) in [5.41, 5.74) is 6.83. The first-order valence-electron chi connectivity index (χ1n) is 9.72. The fraction of sp³-hybridized carbons (Fsp3) is 0.300. The lowest BCUT2D eigenvalue weighted by Gasteiger charge is -2.38. The molecule has 0 radical (unpaired) electrons. The van der Waals surface area contributed by atoms with Gasteiger partial charge in [-0.05, 0) is 40.2 Å². The summed E-state index contributed by atoms with van der Waals surface area (Å²) in [4.78, 5) is 30.1. The van der Waals surface area contributed by atoms with Gasteiger partial charge in [0, 0.05) is 36.2 Å². The highest BCUT2D eigenvalue weighted by molar-refractivity contribution is 9.10. The molecule has 1 aromatic carbocycles. The Bertz CT molecular complexity index is 1250.